The zero-order valence-corrected chi connectivity index (χ0v) is 20.7. The third-order valence-corrected chi connectivity index (χ3v) is 8.58. The molecule has 0 atom stereocenters. The summed E-state index contributed by atoms with van der Waals surface area (Å²) in [5, 5.41) is 2.23. The van der Waals surface area contributed by atoms with Crippen LogP contribution in [0.15, 0.2) is 124 Å². The Labute approximate surface area is 216 Å². The Morgan fingerprint density at radius 3 is 1.86 bits per heavy atom. The summed E-state index contributed by atoms with van der Waals surface area (Å²) in [4.78, 5) is 18.9. The number of hydrogen-bond donors (Lipinski definition) is 0. The first kappa shape index (κ1) is 20.1. The van der Waals surface area contributed by atoms with E-state index in [2.05, 4.69) is 94.8 Å². The molecule has 0 unspecified atom stereocenters. The summed E-state index contributed by atoms with van der Waals surface area (Å²) in [5.41, 5.74) is 9.68. The smallest absolute Gasteiger partial charge is 0.186 e. The molecule has 1 aliphatic heterocycles. The molecule has 36 heavy (non-hydrogen) atoms. The number of carbonyl (C=O) groups is 1. The number of nitrogens with zero attached hydrogens (tertiary/aromatic N) is 1. The van der Waals surface area contributed by atoms with Gasteiger partial charge in [0.25, 0.3) is 0 Å². The molecule has 0 fully saturated rings. The average molecular weight is 524 g/mol. The molecule has 5 aromatic rings. The lowest BCUT2D eigenvalue weighted by atomic mass is 9.61. The van der Waals surface area contributed by atoms with Crippen molar-refractivity contribution >= 4 is 43.9 Å². The maximum atomic E-state index is 13.6. The Kier molecular flexibility index (Phi) is 3.91. The van der Waals surface area contributed by atoms with Crippen LogP contribution in [0.3, 0.4) is 0 Å². The fourth-order valence-corrected chi connectivity index (χ4v) is 7.10. The van der Waals surface area contributed by atoms with Crippen molar-refractivity contribution in [3.63, 3.8) is 0 Å². The number of hydrogen-bond acceptors (Lipinski definition) is 2. The van der Waals surface area contributed by atoms with Gasteiger partial charge in [0, 0.05) is 26.6 Å². The topological polar surface area (TPSA) is 29.4 Å². The van der Waals surface area contributed by atoms with Crippen LogP contribution in [0.25, 0.3) is 21.9 Å². The van der Waals surface area contributed by atoms with Gasteiger partial charge in [-0.15, -0.1) is 0 Å². The van der Waals surface area contributed by atoms with Crippen LogP contribution in [0.2, 0.25) is 0 Å². The van der Waals surface area contributed by atoms with Crippen LogP contribution in [0, 0.1) is 0 Å². The first-order valence-electron chi connectivity index (χ1n) is 12.1. The molecule has 0 saturated heterocycles. The number of halogens is 1. The van der Waals surface area contributed by atoms with Gasteiger partial charge in [0.2, 0.25) is 0 Å². The summed E-state index contributed by atoms with van der Waals surface area (Å²) in [7, 11) is 0. The van der Waals surface area contributed by atoms with Crippen molar-refractivity contribution in [2.45, 2.75) is 5.41 Å². The summed E-state index contributed by atoms with van der Waals surface area (Å²) in [6.07, 6.45) is 1.84. The van der Waals surface area contributed by atoms with Crippen molar-refractivity contribution in [3.8, 4) is 11.1 Å². The van der Waals surface area contributed by atoms with Crippen LogP contribution in [0.4, 0.5) is 5.69 Å². The Hall–Kier alpha value is -4.08. The highest BCUT2D eigenvalue weighted by molar-refractivity contribution is 9.10. The van der Waals surface area contributed by atoms with E-state index >= 15 is 0 Å². The molecule has 0 saturated carbocycles. The predicted molar refractivity (Wildman–Crippen MR) is 148 cm³/mol. The minimum absolute atomic E-state index is 0.0316. The normalized spacial score (nSPS) is 16.0. The number of allylic oxidation sites excluding steroid dienone is 2. The SMILES string of the molecule is O=C1C=C2C(=Nc3c(cc(Br)c4ccccc34)C23c2ccccc2-c2ccccc23)c2ccccc21. The van der Waals surface area contributed by atoms with Crippen molar-refractivity contribution < 1.29 is 4.79 Å². The molecule has 168 valence electrons. The van der Waals surface area contributed by atoms with Gasteiger partial charge in [-0.05, 0) is 45.3 Å². The van der Waals surface area contributed by atoms with Gasteiger partial charge >= 0.3 is 0 Å². The summed E-state index contributed by atoms with van der Waals surface area (Å²) >= 11 is 3.88. The van der Waals surface area contributed by atoms with Gasteiger partial charge in [0.05, 0.1) is 16.8 Å². The summed E-state index contributed by atoms with van der Waals surface area (Å²) in [5.74, 6) is 0.0316. The van der Waals surface area contributed by atoms with Crippen LogP contribution in [0.1, 0.15) is 32.6 Å². The van der Waals surface area contributed by atoms with Crippen molar-refractivity contribution in [1.29, 1.82) is 0 Å². The lowest BCUT2D eigenvalue weighted by molar-refractivity contribution is 0.104. The van der Waals surface area contributed by atoms with Crippen LogP contribution in [-0.4, -0.2) is 11.5 Å². The molecule has 2 nitrogen and oxygen atoms in total. The summed E-state index contributed by atoms with van der Waals surface area (Å²) < 4.78 is 1.03. The number of aliphatic imine (C=N–C) groups is 1. The third-order valence-electron chi connectivity index (χ3n) is 7.93. The van der Waals surface area contributed by atoms with Crippen molar-refractivity contribution in [1.82, 2.24) is 0 Å². The van der Waals surface area contributed by atoms with Crippen molar-refractivity contribution in [2.24, 2.45) is 4.99 Å². The van der Waals surface area contributed by atoms with E-state index in [1.807, 2.05) is 30.3 Å². The molecular formula is C33H18BrNO. The van der Waals surface area contributed by atoms with Crippen LogP contribution < -0.4 is 0 Å². The molecular weight excluding hydrogens is 506 g/mol. The Bertz CT molecular complexity index is 1830. The Morgan fingerprint density at radius 1 is 0.611 bits per heavy atom. The number of carbonyl (C=O) groups excluding carboxylic acids is 1. The summed E-state index contributed by atoms with van der Waals surface area (Å²) in [6.45, 7) is 0. The fourth-order valence-electron chi connectivity index (χ4n) is 6.53. The molecule has 1 spiro atoms. The molecule has 2 aliphatic carbocycles. The second kappa shape index (κ2) is 6.99. The van der Waals surface area contributed by atoms with E-state index in [-0.39, 0.29) is 5.78 Å². The van der Waals surface area contributed by atoms with Gasteiger partial charge in [-0.3, -0.25) is 4.79 Å². The Morgan fingerprint density at radius 2 is 1.17 bits per heavy atom. The molecule has 0 aromatic heterocycles. The quantitative estimate of drug-likeness (QED) is 0.201. The van der Waals surface area contributed by atoms with E-state index in [0.717, 1.165) is 43.3 Å². The fraction of sp³-hybridized carbons (Fsp3) is 0.0303. The van der Waals surface area contributed by atoms with Crippen molar-refractivity contribution in [2.75, 3.05) is 0 Å². The van der Waals surface area contributed by atoms with E-state index < -0.39 is 5.41 Å². The number of rotatable bonds is 0. The molecule has 0 radical (unpaired) electrons. The molecule has 0 N–H and O–H groups in total. The average Bonchev–Trinajstić information content (AvgIpc) is 3.22. The molecule has 0 bridgehead atoms. The molecule has 3 aliphatic rings. The minimum atomic E-state index is -0.644. The van der Waals surface area contributed by atoms with E-state index in [1.54, 1.807) is 0 Å². The van der Waals surface area contributed by atoms with Crippen molar-refractivity contribution in [3.05, 3.63) is 147 Å². The second-order valence-corrected chi connectivity index (χ2v) is 10.4. The van der Waals surface area contributed by atoms with Crippen LogP contribution in [-0.2, 0) is 5.41 Å². The lowest BCUT2D eigenvalue weighted by Crippen LogP contribution is -2.38. The monoisotopic (exact) mass is 523 g/mol. The number of benzene rings is 5. The maximum Gasteiger partial charge on any atom is 0.186 e. The lowest BCUT2D eigenvalue weighted by Gasteiger charge is -2.41. The van der Waals surface area contributed by atoms with Gasteiger partial charge in [-0.1, -0.05) is 113 Å². The minimum Gasteiger partial charge on any atom is -0.289 e. The van der Waals surface area contributed by atoms with E-state index in [0.29, 0.717) is 5.56 Å². The first-order valence-corrected chi connectivity index (χ1v) is 12.8. The number of ketones is 1. The molecule has 3 heteroatoms. The largest absolute Gasteiger partial charge is 0.289 e. The first-order chi connectivity index (χ1) is 17.7. The standard InChI is InChI=1S/C33H18BrNO/c34-29-17-27-31(23-13-3-1-11-21(23)29)35-32-24-14-4-2-12-22(24)30(36)18-28(32)33(27)25-15-7-5-9-19(25)20-10-6-8-16-26(20)33/h1-18H. The number of fused-ring (bicyclic) bond motifs is 13. The van der Waals surface area contributed by atoms with Gasteiger partial charge in [0.1, 0.15) is 0 Å². The van der Waals surface area contributed by atoms with E-state index in [4.69, 9.17) is 4.99 Å². The molecule has 5 aromatic carbocycles. The summed E-state index contributed by atoms with van der Waals surface area (Å²) in [6, 6.07) is 35.7. The molecule has 0 amide bonds. The molecule has 1 heterocycles. The highest BCUT2D eigenvalue weighted by Gasteiger charge is 2.53. The predicted octanol–water partition coefficient (Wildman–Crippen LogP) is 8.17. The van der Waals surface area contributed by atoms with Gasteiger partial charge in [-0.25, -0.2) is 4.99 Å². The third kappa shape index (κ3) is 2.32. The zero-order chi connectivity index (χ0) is 24.0. The van der Waals surface area contributed by atoms with Crippen LogP contribution >= 0.6 is 15.9 Å². The molecule has 8 rings (SSSR count). The van der Waals surface area contributed by atoms with E-state index in [9.17, 15) is 4.79 Å². The maximum absolute atomic E-state index is 13.6. The highest BCUT2D eigenvalue weighted by Crippen LogP contribution is 2.62. The van der Waals surface area contributed by atoms with Gasteiger partial charge in [-0.2, -0.15) is 0 Å². The second-order valence-electron chi connectivity index (χ2n) is 9.57. The highest BCUT2D eigenvalue weighted by atomic mass is 79.9. The Balaban J connectivity index is 1.64. The van der Waals surface area contributed by atoms with Crippen LogP contribution in [0.5, 0.6) is 0 Å². The van der Waals surface area contributed by atoms with E-state index in [1.165, 1.54) is 22.3 Å². The zero-order valence-electron chi connectivity index (χ0n) is 19.1. The van der Waals surface area contributed by atoms with Gasteiger partial charge in [0.15, 0.2) is 5.78 Å². The van der Waals surface area contributed by atoms with Gasteiger partial charge < -0.3 is 0 Å².